The average Bonchev–Trinajstić information content (AvgIpc) is 2.42. The molecule has 0 bridgehead atoms. The zero-order valence-corrected chi connectivity index (χ0v) is 12.5. The molecule has 2 aliphatic rings. The van der Waals surface area contributed by atoms with Crippen LogP contribution in [-0.2, 0) is 0 Å². The lowest BCUT2D eigenvalue weighted by Crippen LogP contribution is -2.49. The maximum absolute atomic E-state index is 11.8. The highest BCUT2D eigenvalue weighted by atomic mass is 16.2. The summed E-state index contributed by atoms with van der Waals surface area (Å²) in [5, 5.41) is 9.09. The highest BCUT2D eigenvalue weighted by molar-refractivity contribution is 5.76. The number of amides is 2. The number of carbonyl (C=O) groups is 1. The molecule has 0 saturated carbocycles. The van der Waals surface area contributed by atoms with Crippen LogP contribution in [0.25, 0.3) is 0 Å². The molecule has 0 aromatic rings. The van der Waals surface area contributed by atoms with E-state index in [0.29, 0.717) is 0 Å². The number of piperidine rings is 1. The van der Waals surface area contributed by atoms with Gasteiger partial charge in [-0.2, -0.15) is 0 Å². The summed E-state index contributed by atoms with van der Waals surface area (Å²) in [4.78, 5) is 14.0. The van der Waals surface area contributed by atoms with E-state index in [4.69, 9.17) is 0 Å². The summed E-state index contributed by atoms with van der Waals surface area (Å²) in [6, 6.07) is 0.214. The van der Waals surface area contributed by atoms with Crippen molar-refractivity contribution in [3.8, 4) is 0 Å². The average molecular weight is 272 g/mol. The third-order valence-corrected chi connectivity index (χ3v) is 3.28. The van der Waals surface area contributed by atoms with Gasteiger partial charge in [-0.05, 0) is 39.3 Å². The summed E-state index contributed by atoms with van der Waals surface area (Å²) in [6.45, 7) is 7.08. The smallest absolute Gasteiger partial charge is 0.319 e. The Balaban J connectivity index is 0. The molecule has 0 aromatic heterocycles. The Morgan fingerprint density at radius 3 is 2.89 bits per heavy atom. The number of allylic oxidation sites excluding steroid dienone is 1. The van der Waals surface area contributed by atoms with Crippen molar-refractivity contribution < 1.29 is 7.65 Å². The van der Waals surface area contributed by atoms with Crippen molar-refractivity contribution in [3.05, 3.63) is 11.9 Å². The molecule has 19 heavy (non-hydrogen) atoms. The summed E-state index contributed by atoms with van der Waals surface area (Å²) < 4.78 is 0. The van der Waals surface area contributed by atoms with Gasteiger partial charge in [0.2, 0.25) is 0 Å². The van der Waals surface area contributed by atoms with Gasteiger partial charge >= 0.3 is 6.03 Å². The zero-order valence-electron chi connectivity index (χ0n) is 12.5. The highest BCUT2D eigenvalue weighted by Crippen LogP contribution is 2.08. The third-order valence-electron chi connectivity index (χ3n) is 3.28. The van der Waals surface area contributed by atoms with Crippen LogP contribution in [0.2, 0.25) is 0 Å². The van der Waals surface area contributed by atoms with Crippen LogP contribution < -0.4 is 16.0 Å². The molecule has 2 amide bonds. The number of likely N-dealkylation sites (tertiary alicyclic amines) is 1. The maximum Gasteiger partial charge on any atom is 0.319 e. The van der Waals surface area contributed by atoms with Gasteiger partial charge in [0.05, 0.1) is 0 Å². The van der Waals surface area contributed by atoms with Crippen molar-refractivity contribution >= 4 is 6.03 Å². The minimum absolute atomic E-state index is 0. The van der Waals surface area contributed by atoms with Crippen LogP contribution in [0.1, 0.15) is 42.4 Å². The Bertz CT molecular complexity index is 313. The van der Waals surface area contributed by atoms with E-state index in [2.05, 4.69) is 27.9 Å². The van der Waals surface area contributed by atoms with Crippen LogP contribution in [0.15, 0.2) is 11.9 Å². The molecule has 114 valence electrons. The Hall–Kier alpha value is -1.23. The van der Waals surface area contributed by atoms with E-state index in [9.17, 15) is 4.79 Å². The summed E-state index contributed by atoms with van der Waals surface area (Å²) in [6.07, 6.45) is 6.17. The largest absolute Gasteiger partial charge is 0.389 e. The first-order valence-electron chi connectivity index (χ1n) is 7.42. The minimum Gasteiger partial charge on any atom is -0.389 e. The normalized spacial score (nSPS) is 23.3. The molecule has 0 aliphatic carbocycles. The van der Waals surface area contributed by atoms with Gasteiger partial charge in [-0.3, -0.25) is 0 Å². The summed E-state index contributed by atoms with van der Waals surface area (Å²) in [5.74, 6) is 0. The third kappa shape index (κ3) is 5.96. The van der Waals surface area contributed by atoms with Crippen LogP contribution in [0.4, 0.5) is 4.79 Å². The number of rotatable bonds is 2. The van der Waals surface area contributed by atoms with Gasteiger partial charge in [-0.25, -0.2) is 4.79 Å². The molecule has 3 N–H and O–H groups in total. The molecule has 5 nitrogen and oxygen atoms in total. The van der Waals surface area contributed by atoms with Gasteiger partial charge < -0.3 is 20.9 Å². The minimum atomic E-state index is -0.0692. The quantitative estimate of drug-likeness (QED) is 0.722. The van der Waals surface area contributed by atoms with Crippen LogP contribution in [0, 0.1) is 0 Å². The number of carbonyl (C=O) groups excluding carboxylic acids is 1. The molecule has 1 saturated heterocycles. The molecule has 1 fully saturated rings. The Morgan fingerprint density at radius 2 is 2.26 bits per heavy atom. The molecule has 0 aromatic carbocycles. The zero-order chi connectivity index (χ0) is 14.1. The number of nitrogens with one attached hydrogen (secondary N) is 3. The Kier molecular flexibility index (Phi) is 7.33. The van der Waals surface area contributed by atoms with Crippen molar-refractivity contribution in [3.63, 3.8) is 0 Å². The number of urea groups is 1. The Morgan fingerprint density at radius 1 is 1.47 bits per heavy atom. The second-order valence-corrected chi connectivity index (χ2v) is 4.93. The maximum atomic E-state index is 11.8. The first kappa shape index (κ1) is 15.8. The van der Waals surface area contributed by atoms with Gasteiger partial charge in [0.15, 0.2) is 0 Å². The SMILES string of the molecule is CC.CN1CCC[C@@H](NC(=O)NC2=CNCCC2)C1.[HH].[HH]. The lowest BCUT2D eigenvalue weighted by atomic mass is 10.1. The molecule has 1 atom stereocenters. The number of hydrogen-bond acceptors (Lipinski definition) is 3. The predicted molar refractivity (Wildman–Crippen MR) is 83.1 cm³/mol. The fourth-order valence-electron chi connectivity index (χ4n) is 2.40. The molecule has 2 heterocycles. The van der Waals surface area contributed by atoms with Crippen molar-refractivity contribution in [2.75, 3.05) is 26.7 Å². The van der Waals surface area contributed by atoms with E-state index in [-0.39, 0.29) is 14.9 Å². The molecule has 5 heteroatoms. The van der Waals surface area contributed by atoms with Gasteiger partial charge in [-0.15, -0.1) is 0 Å². The first-order chi connectivity index (χ1) is 9.24. The van der Waals surface area contributed by atoms with Gasteiger partial charge in [0, 0.05) is 33.9 Å². The van der Waals surface area contributed by atoms with Crippen molar-refractivity contribution in [2.24, 2.45) is 0 Å². The van der Waals surface area contributed by atoms with E-state index in [1.54, 1.807) is 0 Å². The van der Waals surface area contributed by atoms with Crippen molar-refractivity contribution in [1.82, 2.24) is 20.9 Å². The number of likely N-dealkylation sites (N-methyl/N-ethyl adjacent to an activating group) is 1. The van der Waals surface area contributed by atoms with Gasteiger partial charge in [-0.1, -0.05) is 13.8 Å². The van der Waals surface area contributed by atoms with Crippen LogP contribution in [0.3, 0.4) is 0 Å². The second kappa shape index (κ2) is 8.80. The van der Waals surface area contributed by atoms with Crippen LogP contribution in [-0.4, -0.2) is 43.7 Å². The monoisotopic (exact) mass is 272 g/mol. The number of nitrogens with zero attached hydrogens (tertiary/aromatic N) is 1. The summed E-state index contributed by atoms with van der Waals surface area (Å²) in [7, 11) is 2.10. The standard InChI is InChI=1S/C12H22N4O.C2H6.2H2/c1-16-7-3-5-11(9-16)15-12(17)14-10-4-2-6-13-8-10;1-2;;/h8,11,13H,2-7,9H2,1H3,(H2,14,15,17);1-2H3;2*1H/t11-;;;/m1.../s1. The first-order valence-corrected chi connectivity index (χ1v) is 7.42. The molecule has 2 aliphatic heterocycles. The molecule has 0 spiro atoms. The molecule has 2 rings (SSSR count). The molecular weight excluding hydrogens is 240 g/mol. The topological polar surface area (TPSA) is 56.4 Å². The number of hydrogen-bond donors (Lipinski definition) is 3. The molecule has 0 radical (unpaired) electrons. The van der Waals surface area contributed by atoms with E-state index >= 15 is 0 Å². The van der Waals surface area contributed by atoms with E-state index in [1.807, 2.05) is 20.0 Å². The van der Waals surface area contributed by atoms with E-state index in [0.717, 1.165) is 51.0 Å². The Labute approximate surface area is 119 Å². The lowest BCUT2D eigenvalue weighted by molar-refractivity contribution is 0.210. The van der Waals surface area contributed by atoms with Crippen molar-refractivity contribution in [1.29, 1.82) is 0 Å². The van der Waals surface area contributed by atoms with Crippen molar-refractivity contribution in [2.45, 2.75) is 45.6 Å². The van der Waals surface area contributed by atoms with Crippen LogP contribution in [0.5, 0.6) is 0 Å². The highest BCUT2D eigenvalue weighted by Gasteiger charge is 2.19. The second-order valence-electron chi connectivity index (χ2n) is 4.93. The van der Waals surface area contributed by atoms with Gasteiger partial charge in [0.1, 0.15) is 0 Å². The lowest BCUT2D eigenvalue weighted by Gasteiger charge is -2.30. The van der Waals surface area contributed by atoms with E-state index < -0.39 is 0 Å². The fourth-order valence-corrected chi connectivity index (χ4v) is 2.40. The fraction of sp³-hybridized carbons (Fsp3) is 0.786. The molecule has 0 unspecified atom stereocenters. The van der Waals surface area contributed by atoms with Gasteiger partial charge in [0.25, 0.3) is 0 Å². The summed E-state index contributed by atoms with van der Waals surface area (Å²) >= 11 is 0. The molecular formula is C14H32N4O. The van der Waals surface area contributed by atoms with E-state index in [1.165, 1.54) is 0 Å². The van der Waals surface area contributed by atoms with Crippen LogP contribution >= 0.6 is 0 Å². The predicted octanol–water partition coefficient (Wildman–Crippen LogP) is 2.12. The summed E-state index contributed by atoms with van der Waals surface area (Å²) in [5.41, 5.74) is 0.984.